The Morgan fingerprint density at radius 3 is 2.16 bits per heavy atom. The summed E-state index contributed by atoms with van der Waals surface area (Å²) in [5.41, 5.74) is 1.20. The molecule has 0 fully saturated rings. The maximum Gasteiger partial charge on any atom is 0.339 e. The van der Waals surface area contributed by atoms with Gasteiger partial charge < -0.3 is 14.9 Å². The van der Waals surface area contributed by atoms with Crippen LogP contribution in [0.1, 0.15) is 31.8 Å². The van der Waals surface area contributed by atoms with Gasteiger partial charge in [-0.25, -0.2) is 9.59 Å². The fourth-order valence-electron chi connectivity index (χ4n) is 3.16. The van der Waals surface area contributed by atoms with Crippen LogP contribution in [0, 0.1) is 11.8 Å². The predicted molar refractivity (Wildman–Crippen MR) is 117 cm³/mol. The van der Waals surface area contributed by atoms with E-state index in [1.807, 2.05) is 42.5 Å². The van der Waals surface area contributed by atoms with E-state index in [1.165, 1.54) is 18.2 Å². The van der Waals surface area contributed by atoms with Crippen molar-refractivity contribution < 1.29 is 24.5 Å². The first-order valence-electron chi connectivity index (χ1n) is 9.40. The van der Waals surface area contributed by atoms with Crippen molar-refractivity contribution in [1.82, 2.24) is 0 Å². The number of hydrogen-bond donors (Lipinski definition) is 2. The van der Waals surface area contributed by atoms with Crippen molar-refractivity contribution >= 4 is 22.7 Å². The van der Waals surface area contributed by atoms with Gasteiger partial charge in [0.15, 0.2) is 0 Å². The topological polar surface area (TPSA) is 83.8 Å². The largest absolute Gasteiger partial charge is 0.478 e. The molecule has 0 aliphatic rings. The minimum atomic E-state index is -1.22. The van der Waals surface area contributed by atoms with Crippen molar-refractivity contribution in [2.75, 3.05) is 0 Å². The van der Waals surface area contributed by atoms with E-state index >= 15 is 0 Å². The minimum Gasteiger partial charge on any atom is -0.478 e. The number of carboxylic acids is 2. The summed E-state index contributed by atoms with van der Waals surface area (Å²) in [6, 6.07) is 24.4. The van der Waals surface area contributed by atoms with Gasteiger partial charge in [-0.15, -0.1) is 0 Å². The zero-order chi connectivity index (χ0) is 21.8. The second-order valence-corrected chi connectivity index (χ2v) is 6.70. The third-order valence-electron chi connectivity index (χ3n) is 4.69. The van der Waals surface area contributed by atoms with Gasteiger partial charge in [0.25, 0.3) is 0 Å². The Labute approximate surface area is 178 Å². The number of benzene rings is 4. The van der Waals surface area contributed by atoms with E-state index in [-0.39, 0.29) is 16.9 Å². The van der Waals surface area contributed by atoms with E-state index < -0.39 is 11.9 Å². The molecule has 31 heavy (non-hydrogen) atoms. The van der Waals surface area contributed by atoms with Gasteiger partial charge in [-0.05, 0) is 47.2 Å². The molecule has 0 radical (unpaired) electrons. The lowest BCUT2D eigenvalue weighted by molar-refractivity contribution is 0.0678. The van der Waals surface area contributed by atoms with Crippen molar-refractivity contribution in [2.24, 2.45) is 0 Å². The molecule has 5 nitrogen and oxygen atoms in total. The Morgan fingerprint density at radius 2 is 1.35 bits per heavy atom. The van der Waals surface area contributed by atoms with Crippen LogP contribution in [0.2, 0.25) is 0 Å². The number of aromatic carboxylic acids is 2. The first-order valence-corrected chi connectivity index (χ1v) is 9.40. The summed E-state index contributed by atoms with van der Waals surface area (Å²) < 4.78 is 5.82. The van der Waals surface area contributed by atoms with E-state index in [2.05, 4.69) is 11.8 Å². The van der Waals surface area contributed by atoms with Crippen molar-refractivity contribution in [3.63, 3.8) is 0 Å². The number of carboxylic acid groups (broad SMARTS) is 2. The van der Waals surface area contributed by atoms with Crippen LogP contribution in [-0.2, 0) is 0 Å². The highest BCUT2D eigenvalue weighted by atomic mass is 16.5. The number of hydrogen-bond acceptors (Lipinski definition) is 3. The zero-order valence-corrected chi connectivity index (χ0v) is 16.2. The molecule has 2 N–H and O–H groups in total. The van der Waals surface area contributed by atoms with Crippen molar-refractivity contribution in [2.45, 2.75) is 0 Å². The van der Waals surface area contributed by atoms with E-state index in [0.29, 0.717) is 11.3 Å². The van der Waals surface area contributed by atoms with Crippen LogP contribution in [0.5, 0.6) is 11.5 Å². The molecule has 0 unspecified atom stereocenters. The highest BCUT2D eigenvalue weighted by Crippen LogP contribution is 2.29. The summed E-state index contributed by atoms with van der Waals surface area (Å²) in [6.07, 6.45) is 0. The van der Waals surface area contributed by atoms with Crippen LogP contribution < -0.4 is 4.74 Å². The van der Waals surface area contributed by atoms with E-state index in [9.17, 15) is 19.8 Å². The third kappa shape index (κ3) is 4.24. The summed E-state index contributed by atoms with van der Waals surface area (Å²) in [5.74, 6) is 4.12. The van der Waals surface area contributed by atoms with Crippen LogP contribution in [0.25, 0.3) is 10.8 Å². The summed E-state index contributed by atoms with van der Waals surface area (Å²) in [7, 11) is 0. The number of carbonyl (C=O) groups is 2. The normalized spacial score (nSPS) is 10.2. The molecular formula is C26H16O5. The molecule has 0 bridgehead atoms. The van der Waals surface area contributed by atoms with E-state index in [0.717, 1.165) is 16.3 Å². The van der Waals surface area contributed by atoms with Crippen LogP contribution in [0.3, 0.4) is 0 Å². The fourth-order valence-corrected chi connectivity index (χ4v) is 3.16. The summed E-state index contributed by atoms with van der Waals surface area (Å²) in [5, 5.41) is 20.8. The molecule has 0 atom stereocenters. The first kappa shape index (κ1) is 19.7. The highest BCUT2D eigenvalue weighted by Gasteiger charge is 2.16. The molecule has 0 saturated carbocycles. The van der Waals surface area contributed by atoms with Crippen molar-refractivity contribution in [1.29, 1.82) is 0 Å². The van der Waals surface area contributed by atoms with E-state index in [4.69, 9.17) is 4.74 Å². The number of para-hydroxylation sites is 1. The van der Waals surface area contributed by atoms with Crippen molar-refractivity contribution in [3.05, 3.63) is 107 Å². The lowest BCUT2D eigenvalue weighted by Gasteiger charge is -2.11. The first-order chi connectivity index (χ1) is 15.0. The van der Waals surface area contributed by atoms with Crippen LogP contribution in [-0.4, -0.2) is 22.2 Å². The molecule has 4 aromatic carbocycles. The molecule has 0 aliphatic heterocycles. The summed E-state index contributed by atoms with van der Waals surface area (Å²) in [4.78, 5) is 22.9. The highest BCUT2D eigenvalue weighted by molar-refractivity contribution is 5.94. The van der Waals surface area contributed by atoms with Gasteiger partial charge >= 0.3 is 11.9 Å². The molecule has 0 amide bonds. The monoisotopic (exact) mass is 408 g/mol. The average Bonchev–Trinajstić information content (AvgIpc) is 2.78. The van der Waals surface area contributed by atoms with Crippen LogP contribution in [0.4, 0.5) is 0 Å². The summed E-state index contributed by atoms with van der Waals surface area (Å²) in [6.45, 7) is 0. The molecule has 0 spiro atoms. The number of fused-ring (bicyclic) bond motifs is 1. The molecule has 0 heterocycles. The van der Waals surface area contributed by atoms with Gasteiger partial charge in [0.2, 0.25) is 0 Å². The molecule has 5 heteroatoms. The number of ether oxygens (including phenoxy) is 1. The smallest absolute Gasteiger partial charge is 0.339 e. The molecule has 0 saturated heterocycles. The lowest BCUT2D eigenvalue weighted by atomic mass is 10.0. The van der Waals surface area contributed by atoms with E-state index in [1.54, 1.807) is 24.3 Å². The zero-order valence-electron chi connectivity index (χ0n) is 16.2. The Bertz CT molecular complexity index is 1370. The predicted octanol–water partition coefficient (Wildman–Crippen LogP) is 5.43. The summed E-state index contributed by atoms with van der Waals surface area (Å²) >= 11 is 0. The Kier molecular flexibility index (Phi) is 5.37. The quantitative estimate of drug-likeness (QED) is 0.440. The second kappa shape index (κ2) is 8.44. The second-order valence-electron chi connectivity index (χ2n) is 6.70. The maximum atomic E-state index is 11.6. The molecule has 0 aliphatic carbocycles. The maximum absolute atomic E-state index is 11.6. The number of rotatable bonds is 4. The van der Waals surface area contributed by atoms with Crippen LogP contribution >= 0.6 is 0 Å². The standard InChI is InChI=1S/C26H16O5/c27-25(28)20-14-15-22(26(29)30)24(16-20)31-23-11-4-2-7-19(23)13-12-18-9-5-8-17-6-1-3-10-21(17)18/h1-11,14-16H,(H,27,28)(H,29,30). The molecule has 0 aromatic heterocycles. The van der Waals surface area contributed by atoms with Crippen molar-refractivity contribution in [3.8, 4) is 23.3 Å². The van der Waals surface area contributed by atoms with Gasteiger partial charge in [0.1, 0.15) is 17.1 Å². The van der Waals surface area contributed by atoms with Crippen LogP contribution in [0.15, 0.2) is 84.9 Å². The minimum absolute atomic E-state index is 0.0631. The fraction of sp³-hybridized carbons (Fsp3) is 0. The molecule has 4 aromatic rings. The Hall–Kier alpha value is -4.56. The SMILES string of the molecule is O=C(O)c1ccc(C(=O)O)c(Oc2ccccc2C#Cc2cccc3ccccc23)c1. The molecule has 150 valence electrons. The average molecular weight is 408 g/mol. The third-order valence-corrected chi connectivity index (χ3v) is 4.69. The molecule has 4 rings (SSSR count). The van der Waals surface area contributed by atoms with Gasteiger partial charge in [-0.3, -0.25) is 0 Å². The molecular weight excluding hydrogens is 392 g/mol. The van der Waals surface area contributed by atoms with Gasteiger partial charge in [-0.2, -0.15) is 0 Å². The van der Waals surface area contributed by atoms with Gasteiger partial charge in [0, 0.05) is 5.56 Å². The van der Waals surface area contributed by atoms with Gasteiger partial charge in [-0.1, -0.05) is 60.4 Å². The van der Waals surface area contributed by atoms with Gasteiger partial charge in [0.05, 0.1) is 11.1 Å². The Balaban J connectivity index is 1.75. The lowest BCUT2D eigenvalue weighted by Crippen LogP contribution is -2.04. The Morgan fingerprint density at radius 1 is 0.677 bits per heavy atom.